The molecule has 0 heterocycles. The van der Waals surface area contributed by atoms with E-state index in [9.17, 15) is 0 Å². The summed E-state index contributed by atoms with van der Waals surface area (Å²) in [6.07, 6.45) is 0.837. The molecule has 0 aliphatic heterocycles. The Balaban J connectivity index is 1.78. The van der Waals surface area contributed by atoms with E-state index in [0.717, 1.165) is 23.7 Å². The molecular weight excluding hydrogens is 276 g/mol. The molecule has 3 nitrogen and oxygen atoms in total. The predicted octanol–water partition coefficient (Wildman–Crippen LogP) is 4.47. The van der Waals surface area contributed by atoms with Crippen molar-refractivity contribution in [1.82, 2.24) is 0 Å². The number of ether oxygens (including phenoxy) is 3. The summed E-state index contributed by atoms with van der Waals surface area (Å²) < 4.78 is 16.8. The van der Waals surface area contributed by atoms with Crippen molar-refractivity contribution in [3.63, 3.8) is 0 Å². The molecule has 0 radical (unpaired) electrons. The van der Waals surface area contributed by atoms with Crippen molar-refractivity contribution in [2.24, 2.45) is 0 Å². The summed E-state index contributed by atoms with van der Waals surface area (Å²) in [7, 11) is 1.65. The van der Waals surface area contributed by atoms with Gasteiger partial charge in [0, 0.05) is 12.5 Å². The van der Waals surface area contributed by atoms with Gasteiger partial charge in [-0.1, -0.05) is 12.1 Å². The molecule has 3 heteroatoms. The lowest BCUT2D eigenvalue weighted by molar-refractivity contribution is 0.246. The molecule has 0 fully saturated rings. The van der Waals surface area contributed by atoms with Gasteiger partial charge in [-0.15, -0.1) is 0 Å². The first-order chi connectivity index (χ1) is 10.6. The molecular formula is C19H24O3. The standard InChI is InChI=1S/C19H24O3/c1-14-11-15(2)16(3)19(12-14)22-10-6-9-21-18-8-5-7-17(13-18)20-4/h5,7-8,11-13H,6,9-10H2,1-4H3. The van der Waals surface area contributed by atoms with Crippen LogP contribution in [-0.4, -0.2) is 20.3 Å². The maximum atomic E-state index is 5.88. The quantitative estimate of drug-likeness (QED) is 0.706. The Morgan fingerprint density at radius 1 is 0.864 bits per heavy atom. The number of aryl methyl sites for hydroxylation is 2. The molecule has 118 valence electrons. The maximum absolute atomic E-state index is 5.88. The molecule has 2 rings (SSSR count). The van der Waals surface area contributed by atoms with E-state index in [1.165, 1.54) is 16.7 Å². The first-order valence-corrected chi connectivity index (χ1v) is 7.57. The van der Waals surface area contributed by atoms with Crippen LogP contribution in [0.25, 0.3) is 0 Å². The smallest absolute Gasteiger partial charge is 0.122 e. The average molecular weight is 300 g/mol. The minimum absolute atomic E-state index is 0.622. The van der Waals surface area contributed by atoms with Gasteiger partial charge in [-0.3, -0.25) is 0 Å². The van der Waals surface area contributed by atoms with Crippen molar-refractivity contribution < 1.29 is 14.2 Å². The Bertz CT molecular complexity index is 620. The monoisotopic (exact) mass is 300 g/mol. The highest BCUT2D eigenvalue weighted by molar-refractivity contribution is 5.41. The molecule has 0 saturated heterocycles. The maximum Gasteiger partial charge on any atom is 0.122 e. The van der Waals surface area contributed by atoms with E-state index in [0.29, 0.717) is 13.2 Å². The topological polar surface area (TPSA) is 27.7 Å². The summed E-state index contributed by atoms with van der Waals surface area (Å²) in [5.74, 6) is 2.60. The van der Waals surface area contributed by atoms with Gasteiger partial charge in [0.2, 0.25) is 0 Å². The molecule has 22 heavy (non-hydrogen) atoms. The van der Waals surface area contributed by atoms with E-state index in [1.807, 2.05) is 24.3 Å². The minimum atomic E-state index is 0.622. The third-order valence-electron chi connectivity index (χ3n) is 3.62. The van der Waals surface area contributed by atoms with E-state index in [1.54, 1.807) is 7.11 Å². The fourth-order valence-corrected chi connectivity index (χ4v) is 2.27. The van der Waals surface area contributed by atoms with Crippen molar-refractivity contribution in [1.29, 1.82) is 0 Å². The molecule has 0 N–H and O–H groups in total. The second-order valence-corrected chi connectivity index (χ2v) is 5.43. The van der Waals surface area contributed by atoms with Gasteiger partial charge in [0.25, 0.3) is 0 Å². The highest BCUT2D eigenvalue weighted by Gasteiger charge is 2.04. The summed E-state index contributed by atoms with van der Waals surface area (Å²) in [6, 6.07) is 11.9. The predicted molar refractivity (Wildman–Crippen MR) is 89.3 cm³/mol. The molecule has 0 aliphatic carbocycles. The van der Waals surface area contributed by atoms with Crippen LogP contribution in [0.4, 0.5) is 0 Å². The van der Waals surface area contributed by atoms with Crippen molar-refractivity contribution in [3.05, 3.63) is 53.1 Å². The Hall–Kier alpha value is -2.16. The molecule has 0 bridgehead atoms. The number of hydrogen-bond acceptors (Lipinski definition) is 3. The van der Waals surface area contributed by atoms with E-state index >= 15 is 0 Å². The van der Waals surface area contributed by atoms with Crippen molar-refractivity contribution in [3.8, 4) is 17.2 Å². The summed E-state index contributed by atoms with van der Waals surface area (Å²) in [5, 5.41) is 0. The van der Waals surface area contributed by atoms with E-state index < -0.39 is 0 Å². The summed E-state index contributed by atoms with van der Waals surface area (Å²) in [5.41, 5.74) is 3.70. The van der Waals surface area contributed by atoms with Crippen LogP contribution >= 0.6 is 0 Å². The van der Waals surface area contributed by atoms with Crippen molar-refractivity contribution in [2.45, 2.75) is 27.2 Å². The molecule has 0 amide bonds. The lowest BCUT2D eigenvalue weighted by Gasteiger charge is -2.13. The SMILES string of the molecule is COc1cccc(OCCCOc2cc(C)cc(C)c2C)c1. The number of rotatable bonds is 7. The van der Waals surface area contributed by atoms with Crippen LogP contribution < -0.4 is 14.2 Å². The molecule has 0 unspecified atom stereocenters. The van der Waals surface area contributed by atoms with Crippen LogP contribution in [0.2, 0.25) is 0 Å². The van der Waals surface area contributed by atoms with E-state index in [-0.39, 0.29) is 0 Å². The van der Waals surface area contributed by atoms with Gasteiger partial charge in [-0.05, 0) is 55.7 Å². The zero-order chi connectivity index (χ0) is 15.9. The largest absolute Gasteiger partial charge is 0.497 e. The fourth-order valence-electron chi connectivity index (χ4n) is 2.27. The van der Waals surface area contributed by atoms with Gasteiger partial charge >= 0.3 is 0 Å². The third kappa shape index (κ3) is 4.42. The summed E-state index contributed by atoms with van der Waals surface area (Å²) >= 11 is 0. The Labute approximate surface area is 132 Å². The zero-order valence-electron chi connectivity index (χ0n) is 13.8. The van der Waals surface area contributed by atoms with Crippen LogP contribution in [0.3, 0.4) is 0 Å². The average Bonchev–Trinajstić information content (AvgIpc) is 2.51. The lowest BCUT2D eigenvalue weighted by atomic mass is 10.1. The van der Waals surface area contributed by atoms with Gasteiger partial charge in [-0.25, -0.2) is 0 Å². The first kappa shape index (κ1) is 16.2. The summed E-state index contributed by atoms with van der Waals surface area (Å²) in [4.78, 5) is 0. The molecule has 2 aromatic rings. The Kier molecular flexibility index (Phi) is 5.70. The second kappa shape index (κ2) is 7.74. The molecule has 0 atom stereocenters. The van der Waals surface area contributed by atoms with Crippen LogP contribution in [0, 0.1) is 20.8 Å². The van der Waals surface area contributed by atoms with E-state index in [4.69, 9.17) is 14.2 Å². The van der Waals surface area contributed by atoms with Crippen molar-refractivity contribution in [2.75, 3.05) is 20.3 Å². The van der Waals surface area contributed by atoms with Gasteiger partial charge in [0.05, 0.1) is 20.3 Å². The van der Waals surface area contributed by atoms with Crippen LogP contribution in [-0.2, 0) is 0 Å². The Morgan fingerprint density at radius 3 is 2.36 bits per heavy atom. The van der Waals surface area contributed by atoms with E-state index in [2.05, 4.69) is 32.9 Å². The summed E-state index contributed by atoms with van der Waals surface area (Å²) in [6.45, 7) is 7.56. The Morgan fingerprint density at radius 2 is 1.59 bits per heavy atom. The zero-order valence-corrected chi connectivity index (χ0v) is 13.8. The highest BCUT2D eigenvalue weighted by Crippen LogP contribution is 2.23. The van der Waals surface area contributed by atoms with Gasteiger partial charge in [0.15, 0.2) is 0 Å². The molecule has 0 aliphatic rings. The fraction of sp³-hybridized carbons (Fsp3) is 0.368. The molecule has 0 aromatic heterocycles. The van der Waals surface area contributed by atoms with Gasteiger partial charge in [0.1, 0.15) is 17.2 Å². The third-order valence-corrected chi connectivity index (χ3v) is 3.62. The number of benzene rings is 2. The first-order valence-electron chi connectivity index (χ1n) is 7.57. The molecule has 0 saturated carbocycles. The van der Waals surface area contributed by atoms with Crippen LogP contribution in [0.15, 0.2) is 36.4 Å². The number of methoxy groups -OCH3 is 1. The normalized spacial score (nSPS) is 10.4. The highest BCUT2D eigenvalue weighted by atomic mass is 16.5. The number of hydrogen-bond donors (Lipinski definition) is 0. The van der Waals surface area contributed by atoms with Crippen LogP contribution in [0.1, 0.15) is 23.1 Å². The molecule has 2 aromatic carbocycles. The van der Waals surface area contributed by atoms with Gasteiger partial charge in [-0.2, -0.15) is 0 Å². The van der Waals surface area contributed by atoms with Gasteiger partial charge < -0.3 is 14.2 Å². The second-order valence-electron chi connectivity index (χ2n) is 5.43. The minimum Gasteiger partial charge on any atom is -0.497 e. The molecule has 0 spiro atoms. The lowest BCUT2D eigenvalue weighted by Crippen LogP contribution is -2.06. The van der Waals surface area contributed by atoms with Crippen LogP contribution in [0.5, 0.6) is 17.2 Å². The van der Waals surface area contributed by atoms with Crippen molar-refractivity contribution >= 4 is 0 Å².